The van der Waals surface area contributed by atoms with E-state index in [9.17, 15) is 4.79 Å². The molecule has 1 saturated heterocycles. The lowest BCUT2D eigenvalue weighted by Crippen LogP contribution is -2.67. The van der Waals surface area contributed by atoms with E-state index in [1.165, 1.54) is 17.5 Å². The van der Waals surface area contributed by atoms with Crippen molar-refractivity contribution >= 4 is 24.7 Å². The quantitative estimate of drug-likeness (QED) is 0.514. The van der Waals surface area contributed by atoms with Gasteiger partial charge in [0.1, 0.15) is 0 Å². The van der Waals surface area contributed by atoms with Gasteiger partial charge in [-0.3, -0.25) is 4.79 Å². The Morgan fingerprint density at radius 2 is 1.48 bits per heavy atom. The van der Waals surface area contributed by atoms with Crippen molar-refractivity contribution in [3.05, 3.63) is 60.7 Å². The van der Waals surface area contributed by atoms with E-state index >= 15 is 0 Å². The molecule has 0 radical (unpaired) electrons. The molecule has 156 valence electrons. The van der Waals surface area contributed by atoms with Crippen LogP contribution in [0.3, 0.4) is 0 Å². The zero-order valence-corrected chi connectivity index (χ0v) is 18.9. The van der Waals surface area contributed by atoms with Gasteiger partial charge in [-0.25, -0.2) is 0 Å². The van der Waals surface area contributed by atoms with Crippen molar-refractivity contribution in [3.63, 3.8) is 0 Å². The maximum atomic E-state index is 11.6. The molecule has 0 spiro atoms. The average Bonchev–Trinajstić information content (AvgIpc) is 3.16. The summed E-state index contributed by atoms with van der Waals surface area (Å²) in [5.41, 5.74) is 0. The lowest BCUT2D eigenvalue weighted by Gasteiger charge is -2.43. The highest BCUT2D eigenvalue weighted by Gasteiger charge is 2.50. The van der Waals surface area contributed by atoms with Crippen LogP contribution < -0.4 is 10.4 Å². The Hall–Kier alpha value is -1.95. The Morgan fingerprint density at radius 1 is 0.966 bits per heavy atom. The van der Waals surface area contributed by atoms with E-state index in [-0.39, 0.29) is 23.2 Å². The summed E-state index contributed by atoms with van der Waals surface area (Å²) in [7, 11) is -1.13. The molecule has 0 unspecified atom stereocenters. The fourth-order valence-corrected chi connectivity index (χ4v) is 8.89. The van der Waals surface area contributed by atoms with Gasteiger partial charge in [0, 0.05) is 0 Å². The third-order valence-corrected chi connectivity index (χ3v) is 10.7. The third kappa shape index (κ3) is 4.79. The molecule has 2 aromatic carbocycles. The smallest absolute Gasteiger partial charge is 0.308 e. The van der Waals surface area contributed by atoms with Gasteiger partial charge in [-0.15, -0.1) is 0 Å². The molecule has 1 aliphatic rings. The summed E-state index contributed by atoms with van der Waals surface area (Å²) in [5, 5.41) is 2.48. The van der Waals surface area contributed by atoms with E-state index < -0.39 is 8.32 Å². The number of hydrogen-bond acceptors (Lipinski definition) is 4. The van der Waals surface area contributed by atoms with Crippen LogP contribution in [0.15, 0.2) is 60.7 Å². The van der Waals surface area contributed by atoms with E-state index in [1.54, 1.807) is 0 Å². The second kappa shape index (κ2) is 9.24. The molecular formula is C24H32O4Si. The molecule has 0 N–H and O–H groups in total. The second-order valence-electron chi connectivity index (χ2n) is 8.71. The summed E-state index contributed by atoms with van der Waals surface area (Å²) >= 11 is 0. The molecule has 4 nitrogen and oxygen atoms in total. The largest absolute Gasteiger partial charge is 0.469 e. The SMILES string of the molecule is COC(=O)C[C@H]1CC[C@@H](CO[Si](c2ccccc2)(c2ccccc2)C(C)(C)C)O1. The highest BCUT2D eigenvalue weighted by atomic mass is 28.4. The highest BCUT2D eigenvalue weighted by Crippen LogP contribution is 2.37. The van der Waals surface area contributed by atoms with Gasteiger partial charge in [0.2, 0.25) is 0 Å². The number of esters is 1. The third-order valence-electron chi connectivity index (χ3n) is 5.72. The normalized spacial score (nSPS) is 19.9. The Labute approximate surface area is 175 Å². The molecule has 3 rings (SSSR count). The van der Waals surface area contributed by atoms with Crippen LogP contribution in [0.2, 0.25) is 5.04 Å². The molecule has 2 aromatic rings. The predicted molar refractivity (Wildman–Crippen MR) is 118 cm³/mol. The standard InChI is InChI=1S/C24H32O4Si/c1-24(2,3)29(21-11-7-5-8-12-21,22-13-9-6-10-14-22)27-18-20-16-15-19(28-20)17-23(25)26-4/h5-14,19-20H,15-18H2,1-4H3/t19-,20+/m1/s1. The minimum Gasteiger partial charge on any atom is -0.469 e. The van der Waals surface area contributed by atoms with Crippen molar-refractivity contribution in [3.8, 4) is 0 Å². The first-order valence-corrected chi connectivity index (χ1v) is 12.2. The van der Waals surface area contributed by atoms with Crippen molar-refractivity contribution in [1.29, 1.82) is 0 Å². The molecule has 1 fully saturated rings. The summed E-state index contributed by atoms with van der Waals surface area (Å²) in [6.45, 7) is 7.35. The number of carbonyl (C=O) groups is 1. The van der Waals surface area contributed by atoms with Gasteiger partial charge < -0.3 is 13.9 Å². The van der Waals surface area contributed by atoms with Crippen molar-refractivity contribution in [2.45, 2.75) is 57.3 Å². The van der Waals surface area contributed by atoms with Gasteiger partial charge in [-0.1, -0.05) is 81.4 Å². The molecule has 0 aliphatic carbocycles. The van der Waals surface area contributed by atoms with Crippen molar-refractivity contribution in [2.24, 2.45) is 0 Å². The molecule has 2 atom stereocenters. The summed E-state index contributed by atoms with van der Waals surface area (Å²) in [4.78, 5) is 11.6. The molecule has 0 saturated carbocycles. The molecule has 5 heteroatoms. The van der Waals surface area contributed by atoms with Crippen LogP contribution in [0.5, 0.6) is 0 Å². The second-order valence-corrected chi connectivity index (χ2v) is 13.0. The van der Waals surface area contributed by atoms with Crippen LogP contribution in [0.25, 0.3) is 0 Å². The maximum Gasteiger partial charge on any atom is 0.308 e. The topological polar surface area (TPSA) is 44.8 Å². The first-order valence-electron chi connectivity index (χ1n) is 10.3. The summed E-state index contributed by atoms with van der Waals surface area (Å²) in [5.74, 6) is -0.219. The number of methoxy groups -OCH3 is 1. The Bertz CT molecular complexity index is 746. The molecule has 0 aromatic heterocycles. The first-order chi connectivity index (χ1) is 13.9. The molecular weight excluding hydrogens is 380 g/mol. The Kier molecular flexibility index (Phi) is 6.93. The molecule has 0 bridgehead atoms. The van der Waals surface area contributed by atoms with Crippen molar-refractivity contribution in [1.82, 2.24) is 0 Å². The number of hydrogen-bond donors (Lipinski definition) is 0. The van der Waals surface area contributed by atoms with Gasteiger partial charge in [0.05, 0.1) is 32.3 Å². The summed E-state index contributed by atoms with van der Waals surface area (Å²) in [6, 6.07) is 21.2. The number of carbonyl (C=O) groups excluding carboxylic acids is 1. The van der Waals surface area contributed by atoms with Gasteiger partial charge >= 0.3 is 5.97 Å². The number of benzene rings is 2. The summed E-state index contributed by atoms with van der Waals surface area (Å²) in [6.07, 6.45) is 2.01. The van der Waals surface area contributed by atoms with Gasteiger partial charge in [0.15, 0.2) is 0 Å². The molecule has 29 heavy (non-hydrogen) atoms. The van der Waals surface area contributed by atoms with Crippen LogP contribution >= 0.6 is 0 Å². The molecule has 1 heterocycles. The first kappa shape index (κ1) is 21.7. The van der Waals surface area contributed by atoms with E-state index in [1.807, 2.05) is 12.1 Å². The van der Waals surface area contributed by atoms with E-state index in [0.29, 0.717) is 13.0 Å². The summed E-state index contributed by atoms with van der Waals surface area (Å²) < 4.78 is 17.8. The minimum atomic E-state index is -2.55. The zero-order chi connectivity index (χ0) is 20.9. The number of ether oxygens (including phenoxy) is 2. The lowest BCUT2D eigenvalue weighted by atomic mass is 10.1. The monoisotopic (exact) mass is 412 g/mol. The van der Waals surface area contributed by atoms with E-state index in [4.69, 9.17) is 13.9 Å². The van der Waals surface area contributed by atoms with Crippen molar-refractivity contribution in [2.75, 3.05) is 13.7 Å². The van der Waals surface area contributed by atoms with Crippen molar-refractivity contribution < 1.29 is 18.7 Å². The van der Waals surface area contributed by atoms with Gasteiger partial charge in [-0.05, 0) is 28.3 Å². The Morgan fingerprint density at radius 3 is 1.97 bits per heavy atom. The van der Waals surface area contributed by atoms with Crippen LogP contribution in [0.1, 0.15) is 40.0 Å². The van der Waals surface area contributed by atoms with Gasteiger partial charge in [-0.2, -0.15) is 0 Å². The highest BCUT2D eigenvalue weighted by molar-refractivity contribution is 6.99. The molecule has 1 aliphatic heterocycles. The maximum absolute atomic E-state index is 11.6. The average molecular weight is 413 g/mol. The number of rotatable bonds is 7. The predicted octanol–water partition coefficient (Wildman–Crippen LogP) is 3.67. The van der Waals surface area contributed by atoms with E-state index in [2.05, 4.69) is 69.3 Å². The van der Waals surface area contributed by atoms with Crippen LogP contribution in [0, 0.1) is 0 Å². The lowest BCUT2D eigenvalue weighted by molar-refractivity contribution is -0.143. The fourth-order valence-electron chi connectivity index (χ4n) is 4.30. The molecule has 0 amide bonds. The van der Waals surface area contributed by atoms with Crippen LogP contribution in [0.4, 0.5) is 0 Å². The van der Waals surface area contributed by atoms with E-state index in [0.717, 1.165) is 12.8 Å². The minimum absolute atomic E-state index is 0.00584. The van der Waals surface area contributed by atoms with Crippen LogP contribution in [-0.4, -0.2) is 40.2 Å². The van der Waals surface area contributed by atoms with Crippen LogP contribution in [-0.2, 0) is 18.7 Å². The van der Waals surface area contributed by atoms with Gasteiger partial charge in [0.25, 0.3) is 8.32 Å². The fraction of sp³-hybridized carbons (Fsp3) is 0.458. The Balaban J connectivity index is 1.86. The zero-order valence-electron chi connectivity index (χ0n) is 17.9.